The second kappa shape index (κ2) is 8.25. The van der Waals surface area contributed by atoms with Gasteiger partial charge in [0.1, 0.15) is 5.75 Å². The molecule has 128 valence electrons. The van der Waals surface area contributed by atoms with E-state index in [1.807, 2.05) is 43.5 Å². The summed E-state index contributed by atoms with van der Waals surface area (Å²) in [4.78, 5) is 13.6. The lowest BCUT2D eigenvalue weighted by atomic mass is 10.0. The highest BCUT2D eigenvalue weighted by molar-refractivity contribution is 7.98. The molecule has 2 aromatic carbocycles. The van der Waals surface area contributed by atoms with Crippen molar-refractivity contribution in [3.8, 4) is 5.75 Å². The number of nitrogens with one attached hydrogen (secondary N) is 1. The number of carbonyl (C=O) groups excluding carboxylic acids is 1. The van der Waals surface area contributed by atoms with Crippen LogP contribution < -0.4 is 10.1 Å². The zero-order chi connectivity index (χ0) is 17.7. The van der Waals surface area contributed by atoms with E-state index in [0.29, 0.717) is 5.92 Å². The van der Waals surface area contributed by atoms with E-state index in [2.05, 4.69) is 31.3 Å². The molecule has 0 heterocycles. The minimum absolute atomic E-state index is 0.149. The molecule has 0 spiro atoms. The van der Waals surface area contributed by atoms with E-state index in [4.69, 9.17) is 4.74 Å². The Labute approximate surface area is 148 Å². The number of anilines is 1. The molecule has 1 amide bonds. The number of hydrogen-bond donors (Lipinski definition) is 1. The van der Waals surface area contributed by atoms with Crippen molar-refractivity contribution < 1.29 is 9.53 Å². The molecule has 0 radical (unpaired) electrons. The topological polar surface area (TPSA) is 38.3 Å². The van der Waals surface area contributed by atoms with Crippen LogP contribution in [0.15, 0.2) is 47.4 Å². The first-order valence-corrected chi connectivity index (χ1v) is 9.35. The summed E-state index contributed by atoms with van der Waals surface area (Å²) in [5, 5.41) is 2.92. The van der Waals surface area contributed by atoms with E-state index in [-0.39, 0.29) is 5.91 Å². The van der Waals surface area contributed by atoms with Crippen LogP contribution in [0.3, 0.4) is 0 Å². The van der Waals surface area contributed by atoms with Gasteiger partial charge in [0.25, 0.3) is 5.91 Å². The predicted octanol–water partition coefficient (Wildman–Crippen LogP) is 5.25. The molecule has 0 saturated heterocycles. The van der Waals surface area contributed by atoms with Crippen molar-refractivity contribution in [1.82, 2.24) is 0 Å². The third kappa shape index (κ3) is 4.78. The smallest absolute Gasteiger partial charge is 0.265 e. The summed E-state index contributed by atoms with van der Waals surface area (Å²) in [5.74, 6) is 0.976. The number of hydrogen-bond acceptors (Lipinski definition) is 3. The molecule has 0 bridgehead atoms. The quantitative estimate of drug-likeness (QED) is 0.728. The highest BCUT2D eigenvalue weighted by atomic mass is 32.2. The molecular weight excluding hydrogens is 318 g/mol. The number of aryl methyl sites for hydroxylation is 1. The summed E-state index contributed by atoms with van der Waals surface area (Å²) in [6, 6.07) is 13.9. The SMILES string of the molecule is CSc1cccc(NC(=O)[C@H](C)Oc2cc(C)ccc2C(C)C)c1. The molecule has 0 saturated carbocycles. The van der Waals surface area contributed by atoms with Crippen LogP contribution in [0.1, 0.15) is 37.8 Å². The van der Waals surface area contributed by atoms with Crippen LogP contribution in [0.2, 0.25) is 0 Å². The van der Waals surface area contributed by atoms with E-state index in [9.17, 15) is 4.79 Å². The minimum atomic E-state index is -0.567. The molecule has 24 heavy (non-hydrogen) atoms. The van der Waals surface area contributed by atoms with Crippen LogP contribution in [0.4, 0.5) is 5.69 Å². The second-order valence-electron chi connectivity index (χ2n) is 6.18. The number of benzene rings is 2. The van der Waals surface area contributed by atoms with Crippen LogP contribution in [0, 0.1) is 6.92 Å². The lowest BCUT2D eigenvalue weighted by Gasteiger charge is -2.19. The largest absolute Gasteiger partial charge is 0.481 e. The lowest BCUT2D eigenvalue weighted by Crippen LogP contribution is -2.30. The Balaban J connectivity index is 2.10. The standard InChI is InChI=1S/C20H25NO2S/c1-13(2)18-10-9-14(3)11-19(18)23-15(4)20(22)21-16-7-6-8-17(12-16)24-5/h6-13,15H,1-5H3,(H,21,22)/t15-/m0/s1. The van der Waals surface area contributed by atoms with E-state index in [1.54, 1.807) is 18.7 Å². The molecule has 0 aromatic heterocycles. The Kier molecular flexibility index (Phi) is 6.32. The van der Waals surface area contributed by atoms with E-state index in [1.165, 1.54) is 0 Å². The van der Waals surface area contributed by atoms with Gasteiger partial charge in [-0.1, -0.05) is 32.0 Å². The maximum absolute atomic E-state index is 12.4. The van der Waals surface area contributed by atoms with Crippen molar-refractivity contribution >= 4 is 23.4 Å². The number of ether oxygens (including phenoxy) is 1. The summed E-state index contributed by atoms with van der Waals surface area (Å²) in [5.41, 5.74) is 3.02. The highest BCUT2D eigenvalue weighted by Crippen LogP contribution is 2.28. The molecule has 0 fully saturated rings. The van der Waals surface area contributed by atoms with Gasteiger partial charge in [0, 0.05) is 10.6 Å². The first-order chi connectivity index (χ1) is 11.4. The molecule has 1 N–H and O–H groups in total. The normalized spacial score (nSPS) is 12.1. The monoisotopic (exact) mass is 343 g/mol. The zero-order valence-electron chi connectivity index (χ0n) is 14.9. The molecule has 4 heteroatoms. The van der Waals surface area contributed by atoms with Gasteiger partial charge >= 0.3 is 0 Å². The number of carbonyl (C=O) groups is 1. The number of thioether (sulfide) groups is 1. The van der Waals surface area contributed by atoms with Crippen LogP contribution in [0.25, 0.3) is 0 Å². The molecule has 0 aliphatic carbocycles. The molecule has 2 aromatic rings. The first kappa shape index (κ1) is 18.4. The van der Waals surface area contributed by atoms with Gasteiger partial charge in [-0.2, -0.15) is 0 Å². The van der Waals surface area contributed by atoms with Crippen molar-refractivity contribution in [2.75, 3.05) is 11.6 Å². The van der Waals surface area contributed by atoms with Gasteiger partial charge in [-0.25, -0.2) is 0 Å². The molecule has 0 aliphatic rings. The first-order valence-electron chi connectivity index (χ1n) is 8.13. The number of amides is 1. The fourth-order valence-electron chi connectivity index (χ4n) is 2.41. The van der Waals surface area contributed by atoms with Crippen LogP contribution in [-0.4, -0.2) is 18.3 Å². The van der Waals surface area contributed by atoms with Gasteiger partial charge < -0.3 is 10.1 Å². The molecule has 0 unspecified atom stereocenters. The van der Waals surface area contributed by atoms with Gasteiger partial charge in [-0.05, 0) is 61.4 Å². The summed E-state index contributed by atoms with van der Waals surface area (Å²) in [6.07, 6.45) is 1.44. The third-order valence-corrected chi connectivity index (χ3v) is 4.53. The Bertz CT molecular complexity index is 713. The average molecular weight is 343 g/mol. The Hall–Kier alpha value is -1.94. The van der Waals surface area contributed by atoms with E-state index in [0.717, 1.165) is 27.5 Å². The Morgan fingerprint density at radius 2 is 1.88 bits per heavy atom. The van der Waals surface area contributed by atoms with Crippen LogP contribution in [0.5, 0.6) is 5.75 Å². The molecule has 2 rings (SSSR count). The summed E-state index contributed by atoms with van der Waals surface area (Å²) in [6.45, 7) is 8.04. The van der Waals surface area contributed by atoms with Gasteiger partial charge in [0.2, 0.25) is 0 Å². The van der Waals surface area contributed by atoms with E-state index >= 15 is 0 Å². The second-order valence-corrected chi connectivity index (χ2v) is 7.06. The predicted molar refractivity (Wildman–Crippen MR) is 102 cm³/mol. The fraction of sp³-hybridized carbons (Fsp3) is 0.350. The molecule has 3 nitrogen and oxygen atoms in total. The maximum Gasteiger partial charge on any atom is 0.265 e. The minimum Gasteiger partial charge on any atom is -0.481 e. The lowest BCUT2D eigenvalue weighted by molar-refractivity contribution is -0.122. The fourth-order valence-corrected chi connectivity index (χ4v) is 2.87. The third-order valence-electron chi connectivity index (χ3n) is 3.80. The summed E-state index contributed by atoms with van der Waals surface area (Å²) >= 11 is 1.65. The molecular formula is C20H25NO2S. The van der Waals surface area contributed by atoms with Gasteiger partial charge in [0.15, 0.2) is 6.10 Å². The van der Waals surface area contributed by atoms with Crippen molar-refractivity contribution in [2.24, 2.45) is 0 Å². The van der Waals surface area contributed by atoms with Crippen molar-refractivity contribution in [3.63, 3.8) is 0 Å². The molecule has 0 aliphatic heterocycles. The summed E-state index contributed by atoms with van der Waals surface area (Å²) < 4.78 is 5.96. The van der Waals surface area contributed by atoms with E-state index < -0.39 is 6.10 Å². The molecule has 1 atom stereocenters. The van der Waals surface area contributed by atoms with Crippen LogP contribution in [-0.2, 0) is 4.79 Å². The average Bonchev–Trinajstić information content (AvgIpc) is 2.54. The van der Waals surface area contributed by atoms with Gasteiger partial charge in [-0.3, -0.25) is 4.79 Å². The maximum atomic E-state index is 12.4. The van der Waals surface area contributed by atoms with Gasteiger partial charge in [-0.15, -0.1) is 11.8 Å². The van der Waals surface area contributed by atoms with Crippen LogP contribution >= 0.6 is 11.8 Å². The van der Waals surface area contributed by atoms with Crippen molar-refractivity contribution in [3.05, 3.63) is 53.6 Å². The highest BCUT2D eigenvalue weighted by Gasteiger charge is 2.18. The Morgan fingerprint density at radius 1 is 1.12 bits per heavy atom. The van der Waals surface area contributed by atoms with Crippen molar-refractivity contribution in [1.29, 1.82) is 0 Å². The summed E-state index contributed by atoms with van der Waals surface area (Å²) in [7, 11) is 0. The zero-order valence-corrected chi connectivity index (χ0v) is 15.7. The van der Waals surface area contributed by atoms with Crippen molar-refractivity contribution in [2.45, 2.75) is 44.6 Å². The van der Waals surface area contributed by atoms with Gasteiger partial charge in [0.05, 0.1) is 0 Å². The number of rotatable bonds is 6. The Morgan fingerprint density at radius 3 is 2.54 bits per heavy atom.